The molecule has 79 heavy (non-hydrogen) atoms. The van der Waals surface area contributed by atoms with Crippen molar-refractivity contribution < 1.29 is 93.2 Å². The van der Waals surface area contributed by atoms with E-state index in [0.29, 0.717) is 24.2 Å². The number of nitrogens with two attached hydrogens (primary N) is 2. The average Bonchev–Trinajstić information content (AvgIpc) is 4.24. The lowest BCUT2D eigenvalue weighted by Gasteiger charge is -2.32. The molecule has 4 heterocycles. The van der Waals surface area contributed by atoms with Crippen LogP contribution in [0.2, 0.25) is 0 Å². The first-order valence-corrected chi connectivity index (χ1v) is 27.0. The molecule has 0 bridgehead atoms. The first-order valence-electron chi connectivity index (χ1n) is 27.0. The van der Waals surface area contributed by atoms with Gasteiger partial charge in [0.1, 0.15) is 48.4 Å². The zero-order chi connectivity index (χ0) is 58.5. The van der Waals surface area contributed by atoms with E-state index in [0.717, 1.165) is 49.8 Å². The molecule has 0 aromatic rings. The second-order valence-electron chi connectivity index (χ2n) is 20.2. The second-order valence-corrected chi connectivity index (χ2v) is 20.2. The molecule has 0 aliphatic carbocycles. The number of aliphatic hydroxyl groups is 5. The van der Waals surface area contributed by atoms with Gasteiger partial charge in [-0.1, -0.05) is 58.3 Å². The normalized spacial score (nSPS) is 28.1. The Hall–Kier alpha value is -6.76. The quantitative estimate of drug-likeness (QED) is 0.0234. The third-order valence-corrected chi connectivity index (χ3v) is 14.4. The molecule has 30 nitrogen and oxygen atoms in total. The molecule has 0 aromatic heterocycles. The molecule has 0 unspecified atom stereocenters. The number of hydrogen-bond donors (Lipinski definition) is 14. The van der Waals surface area contributed by atoms with Gasteiger partial charge in [-0.2, -0.15) is 0 Å². The number of unbranched alkanes of at least 4 members (excludes halogenated alkanes) is 8. The largest absolute Gasteiger partial charge is 0.479 e. The zero-order valence-corrected chi connectivity index (χ0v) is 44.4. The smallest absolute Gasteiger partial charge is 0.335 e. The Morgan fingerprint density at radius 1 is 0.608 bits per heavy atom. The standard InChI is InChI=1S/C49H79N11O19/c1-2-3-4-5-6-7-8-9-10-14-26-23-33(64)58-20-12-16-30(58)40(68)54-28(24-61)44(72)59-21-13-17-31(59)41(69)53-27(15-11-19-52-49(50)51)39(67)56-34(37(65)46(74)75)42(70)55-29(25-62)45(73)60-22-18-32(63)36(60)43(71)57-35(48(78)79-26)38(66)47(76)77/h26-32,34-38,61-63,65-66H,2-25H2,1H3,(H,53,69)(H,54,68)(H,55,70)(H,56,67)(H,57,71)(H,74,75)(H,76,77)(H4,50,51,52)/t26-,27+,28+,29-,30-,31+,32+,34+,35+,36-,37-,38-/m0/s1. The van der Waals surface area contributed by atoms with Crippen molar-refractivity contribution in [3.8, 4) is 0 Å². The molecular formula is C49H79N11O19. The number of rotatable bonds is 20. The number of amides is 8. The van der Waals surface area contributed by atoms with Crippen molar-refractivity contribution in [2.75, 3.05) is 39.4 Å². The number of nitrogens with zero attached hydrogens (tertiary/aromatic N) is 4. The van der Waals surface area contributed by atoms with E-state index in [-0.39, 0.29) is 70.5 Å². The van der Waals surface area contributed by atoms with E-state index in [4.69, 9.17) is 16.2 Å². The van der Waals surface area contributed by atoms with Gasteiger partial charge in [0.2, 0.25) is 47.3 Å². The minimum atomic E-state index is -2.77. The fraction of sp³-hybridized carbons (Fsp3) is 0.755. The molecule has 4 aliphatic rings. The predicted molar refractivity (Wildman–Crippen MR) is 273 cm³/mol. The highest BCUT2D eigenvalue weighted by atomic mass is 16.5. The van der Waals surface area contributed by atoms with E-state index < -0.39 is 164 Å². The molecule has 16 N–H and O–H groups in total. The summed E-state index contributed by atoms with van der Waals surface area (Å²) in [5, 5.41) is 84.1. The Bertz CT molecular complexity index is 2200. The summed E-state index contributed by atoms with van der Waals surface area (Å²) in [6, 6.07) is -15.0. The number of aliphatic imine (C=N–C) groups is 1. The van der Waals surface area contributed by atoms with E-state index in [1.807, 2.05) is 16.0 Å². The van der Waals surface area contributed by atoms with E-state index in [9.17, 15) is 88.5 Å². The minimum Gasteiger partial charge on any atom is -0.479 e. The van der Waals surface area contributed by atoms with Crippen LogP contribution in [-0.4, -0.2) is 234 Å². The van der Waals surface area contributed by atoms with Crippen molar-refractivity contribution in [1.82, 2.24) is 41.3 Å². The third-order valence-electron chi connectivity index (χ3n) is 14.4. The number of carboxylic acids is 2. The van der Waals surface area contributed by atoms with E-state index in [1.165, 1.54) is 4.90 Å². The number of ether oxygens (including phenoxy) is 1. The number of nitrogens with one attached hydrogen (secondary N) is 5. The number of esters is 1. The van der Waals surface area contributed by atoms with E-state index >= 15 is 0 Å². The fourth-order valence-electron chi connectivity index (χ4n) is 10.1. The Balaban J connectivity index is 1.76. The summed E-state index contributed by atoms with van der Waals surface area (Å²) in [5.74, 6) is -15.1. The van der Waals surface area contributed by atoms with Gasteiger partial charge in [0, 0.05) is 26.2 Å². The number of carbonyl (C=O) groups excluding carboxylic acids is 9. The summed E-state index contributed by atoms with van der Waals surface area (Å²) >= 11 is 0. The van der Waals surface area contributed by atoms with Crippen molar-refractivity contribution in [2.45, 2.75) is 195 Å². The lowest BCUT2D eigenvalue weighted by molar-refractivity contribution is -0.166. The molecule has 0 radical (unpaired) electrons. The summed E-state index contributed by atoms with van der Waals surface area (Å²) in [6.45, 7) is -0.807. The van der Waals surface area contributed by atoms with Crippen LogP contribution in [0.5, 0.6) is 0 Å². The van der Waals surface area contributed by atoms with Crippen molar-refractivity contribution in [1.29, 1.82) is 0 Å². The first-order chi connectivity index (χ1) is 37.6. The fourth-order valence-corrected chi connectivity index (χ4v) is 10.1. The minimum absolute atomic E-state index is 0.00755. The summed E-state index contributed by atoms with van der Waals surface area (Å²) in [4.78, 5) is 157. The Kier molecular flexibility index (Phi) is 26.0. The lowest BCUT2D eigenvalue weighted by Crippen LogP contribution is -2.64. The zero-order valence-electron chi connectivity index (χ0n) is 44.4. The molecule has 8 amide bonds. The number of hydrogen-bond acceptors (Lipinski definition) is 18. The van der Waals surface area contributed by atoms with Gasteiger partial charge in [0.25, 0.3) is 0 Å². The maximum atomic E-state index is 14.2. The maximum absolute atomic E-state index is 14.2. The van der Waals surface area contributed by atoms with E-state index in [2.05, 4.69) is 22.5 Å². The van der Waals surface area contributed by atoms with Crippen molar-refractivity contribution in [3.63, 3.8) is 0 Å². The number of carboxylic acid groups (broad SMARTS) is 2. The predicted octanol–water partition coefficient (Wildman–Crippen LogP) is -5.48. The monoisotopic (exact) mass is 1130 g/mol. The van der Waals surface area contributed by atoms with Gasteiger partial charge < -0.3 is 93.2 Å². The number of guanidine groups is 1. The van der Waals surface area contributed by atoms with Crippen LogP contribution < -0.4 is 38.1 Å². The highest BCUT2D eigenvalue weighted by Crippen LogP contribution is 2.25. The van der Waals surface area contributed by atoms with Crippen molar-refractivity contribution in [2.24, 2.45) is 16.5 Å². The highest BCUT2D eigenvalue weighted by Gasteiger charge is 2.48. The van der Waals surface area contributed by atoms with Crippen LogP contribution in [0.15, 0.2) is 4.99 Å². The Morgan fingerprint density at radius 3 is 1.68 bits per heavy atom. The van der Waals surface area contributed by atoms with Gasteiger partial charge in [-0.25, -0.2) is 14.4 Å². The molecule has 444 valence electrons. The molecule has 4 saturated heterocycles. The van der Waals surface area contributed by atoms with Gasteiger partial charge in [0.05, 0.1) is 25.7 Å². The summed E-state index contributed by atoms with van der Waals surface area (Å²) in [5.41, 5.74) is 10.9. The molecule has 4 rings (SSSR count). The van der Waals surface area contributed by atoms with Gasteiger partial charge in [-0.05, 0) is 57.8 Å². The van der Waals surface area contributed by atoms with E-state index in [1.54, 1.807) is 0 Å². The topological polar surface area (TPSA) is 473 Å². The number of aliphatic hydroxyl groups excluding tert-OH is 5. The number of carbonyl (C=O) groups is 11. The van der Waals surface area contributed by atoms with Crippen LogP contribution in [0.1, 0.15) is 122 Å². The third kappa shape index (κ3) is 18.4. The molecular weight excluding hydrogens is 1050 g/mol. The van der Waals surface area contributed by atoms with Crippen LogP contribution in [0.25, 0.3) is 0 Å². The summed E-state index contributed by atoms with van der Waals surface area (Å²) < 4.78 is 5.71. The maximum Gasteiger partial charge on any atom is 0.335 e. The van der Waals surface area contributed by atoms with Gasteiger partial charge in [-0.3, -0.25) is 43.3 Å². The number of aliphatic carboxylic acids is 2. The van der Waals surface area contributed by atoms with Crippen LogP contribution in [0.4, 0.5) is 0 Å². The molecule has 0 aromatic carbocycles. The molecule has 0 spiro atoms. The second kappa shape index (κ2) is 31.7. The van der Waals surface area contributed by atoms with Crippen LogP contribution in [-0.2, 0) is 57.5 Å². The van der Waals surface area contributed by atoms with Gasteiger partial charge in [-0.15, -0.1) is 0 Å². The molecule has 30 heteroatoms. The molecule has 12 atom stereocenters. The molecule has 4 fully saturated rings. The van der Waals surface area contributed by atoms with Gasteiger partial charge in [0.15, 0.2) is 24.2 Å². The first kappa shape index (κ1) is 64.8. The van der Waals surface area contributed by atoms with Gasteiger partial charge >= 0.3 is 17.9 Å². The Labute approximate surface area is 455 Å². The molecule has 4 aliphatic heterocycles. The lowest BCUT2D eigenvalue weighted by atomic mass is 10.0. The molecule has 0 saturated carbocycles. The van der Waals surface area contributed by atoms with Crippen LogP contribution in [0.3, 0.4) is 0 Å². The van der Waals surface area contributed by atoms with Crippen molar-refractivity contribution >= 4 is 71.1 Å². The number of cyclic esters (lactones) is 1. The summed E-state index contributed by atoms with van der Waals surface area (Å²) in [7, 11) is 0. The highest BCUT2D eigenvalue weighted by molar-refractivity contribution is 6.00. The van der Waals surface area contributed by atoms with Crippen LogP contribution in [0, 0.1) is 0 Å². The average molecular weight is 1130 g/mol. The number of fused-ring (bicyclic) bond motifs is 3. The Morgan fingerprint density at radius 2 is 1.11 bits per heavy atom. The SMILES string of the molecule is CCCCCCCCCCC[C@H]1CC(=O)N2CCC[C@H]2C(=O)N[C@H](CO)C(=O)N2CCC[C@@H]2C(=O)N[C@H](CCCN=C(N)N)C(=O)N[C@H]([C@H](O)C(=O)O)C(=O)N[C@@H](CO)C(=O)N2CC[C@@H](O)[C@H]2C(=O)N[C@H]([C@H](O)C(=O)O)C(=O)O1. The van der Waals surface area contributed by atoms with Crippen molar-refractivity contribution in [3.05, 3.63) is 0 Å². The summed E-state index contributed by atoms with van der Waals surface area (Å²) in [6.07, 6.45) is -1.30. The van der Waals surface area contributed by atoms with Crippen LogP contribution >= 0.6 is 0 Å².